The highest BCUT2D eigenvalue weighted by Crippen LogP contribution is 2.39. The molecule has 0 radical (unpaired) electrons. The largest absolute Gasteiger partial charge is 0.357 e. The van der Waals surface area contributed by atoms with E-state index in [9.17, 15) is 14.9 Å². The molecule has 0 bridgehead atoms. The van der Waals surface area contributed by atoms with Gasteiger partial charge in [0.2, 0.25) is 0 Å². The van der Waals surface area contributed by atoms with Crippen LogP contribution in [0.5, 0.6) is 0 Å². The fourth-order valence-electron chi connectivity index (χ4n) is 5.46. The molecule has 4 rings (SSSR count). The van der Waals surface area contributed by atoms with Crippen molar-refractivity contribution in [3.63, 3.8) is 0 Å². The smallest absolute Gasteiger partial charge is 0.270 e. The molecule has 1 saturated carbocycles. The SMILES string of the molecule is CCCn1c(N2CCCCCC2)c(/C=C2\SC(=S)N(C3CCCCC3)C2=O)c(C)c(C#N)c1=O. The summed E-state index contributed by atoms with van der Waals surface area (Å²) in [6.45, 7) is 6.17. The summed E-state index contributed by atoms with van der Waals surface area (Å²) < 4.78 is 2.39. The number of hydrogen-bond donors (Lipinski definition) is 0. The van der Waals surface area contributed by atoms with Gasteiger partial charge < -0.3 is 4.90 Å². The monoisotopic (exact) mass is 498 g/mol. The molecule has 3 aliphatic rings. The minimum atomic E-state index is -0.229. The Morgan fingerprint density at radius 1 is 1.09 bits per heavy atom. The van der Waals surface area contributed by atoms with E-state index in [2.05, 4.69) is 11.0 Å². The van der Waals surface area contributed by atoms with Crippen LogP contribution >= 0.6 is 24.0 Å². The first-order valence-electron chi connectivity index (χ1n) is 12.7. The number of aromatic nitrogens is 1. The van der Waals surface area contributed by atoms with Gasteiger partial charge in [0.25, 0.3) is 11.5 Å². The summed E-state index contributed by atoms with van der Waals surface area (Å²) in [6, 6.07) is 2.32. The lowest BCUT2D eigenvalue weighted by atomic mass is 9.94. The summed E-state index contributed by atoms with van der Waals surface area (Å²) in [7, 11) is 0. The summed E-state index contributed by atoms with van der Waals surface area (Å²) in [5, 5.41) is 9.83. The molecule has 8 heteroatoms. The zero-order valence-corrected chi connectivity index (χ0v) is 21.9. The van der Waals surface area contributed by atoms with Crippen molar-refractivity contribution in [1.82, 2.24) is 9.47 Å². The van der Waals surface area contributed by atoms with Gasteiger partial charge in [-0.15, -0.1) is 0 Å². The zero-order valence-electron chi connectivity index (χ0n) is 20.3. The second-order valence-corrected chi connectivity index (χ2v) is 11.2. The van der Waals surface area contributed by atoms with E-state index >= 15 is 0 Å². The minimum absolute atomic E-state index is 0.0325. The standard InChI is InChI=1S/C26H34N4O2S2/c1-3-13-29-23(28-14-9-4-5-10-15-28)20(18(2)21(17-27)24(29)31)16-22-25(32)30(26(33)34-22)19-11-7-6-8-12-19/h16,19H,3-15H2,1-2H3/b22-16-. The predicted octanol–water partition coefficient (Wildman–Crippen LogP) is 5.35. The molecule has 0 aromatic carbocycles. The Morgan fingerprint density at radius 3 is 2.35 bits per heavy atom. The Kier molecular flexibility index (Phi) is 8.15. The van der Waals surface area contributed by atoms with E-state index in [0.717, 1.165) is 69.4 Å². The molecule has 0 spiro atoms. The lowest BCUT2D eigenvalue weighted by Crippen LogP contribution is -2.39. The van der Waals surface area contributed by atoms with Crippen molar-refractivity contribution in [3.8, 4) is 6.07 Å². The molecule has 2 saturated heterocycles. The summed E-state index contributed by atoms with van der Waals surface area (Å²) in [6.07, 6.45) is 12.7. The van der Waals surface area contributed by atoms with Crippen LogP contribution in [0, 0.1) is 18.3 Å². The van der Waals surface area contributed by atoms with Crippen molar-refractivity contribution in [3.05, 3.63) is 31.9 Å². The Balaban J connectivity index is 1.84. The third kappa shape index (κ3) is 4.83. The van der Waals surface area contributed by atoms with Crippen LogP contribution in [0.25, 0.3) is 6.08 Å². The molecule has 1 aliphatic carbocycles. The lowest BCUT2D eigenvalue weighted by Gasteiger charge is -2.30. The average Bonchev–Trinajstić information content (AvgIpc) is 2.99. The van der Waals surface area contributed by atoms with Crippen molar-refractivity contribution >= 4 is 46.1 Å². The lowest BCUT2D eigenvalue weighted by molar-refractivity contribution is -0.124. The minimum Gasteiger partial charge on any atom is -0.357 e. The maximum Gasteiger partial charge on any atom is 0.270 e. The van der Waals surface area contributed by atoms with E-state index in [-0.39, 0.29) is 23.1 Å². The number of thiocarbonyl (C=S) groups is 1. The highest BCUT2D eigenvalue weighted by molar-refractivity contribution is 8.26. The van der Waals surface area contributed by atoms with Crippen LogP contribution in [-0.2, 0) is 11.3 Å². The second-order valence-electron chi connectivity index (χ2n) is 9.55. The number of carbonyl (C=O) groups is 1. The summed E-state index contributed by atoms with van der Waals surface area (Å²) >= 11 is 7.00. The normalized spacial score (nSPS) is 21.3. The number of hydrogen-bond acceptors (Lipinski definition) is 6. The van der Waals surface area contributed by atoms with Crippen LogP contribution in [0.3, 0.4) is 0 Å². The summed E-state index contributed by atoms with van der Waals surface area (Å²) in [4.78, 5) is 31.5. The Morgan fingerprint density at radius 2 is 1.74 bits per heavy atom. The van der Waals surface area contributed by atoms with Crippen LogP contribution in [0.15, 0.2) is 9.70 Å². The molecule has 0 N–H and O–H groups in total. The van der Waals surface area contributed by atoms with Gasteiger partial charge in [0, 0.05) is 31.2 Å². The topological polar surface area (TPSA) is 69.3 Å². The molecule has 0 unspecified atom stereocenters. The Hall–Kier alpha value is -2.11. The number of nitrogens with zero attached hydrogens (tertiary/aromatic N) is 4. The summed E-state index contributed by atoms with van der Waals surface area (Å²) in [5.41, 5.74) is 1.41. The van der Waals surface area contributed by atoms with Gasteiger partial charge in [-0.25, -0.2) is 0 Å². The van der Waals surface area contributed by atoms with Gasteiger partial charge in [-0.1, -0.05) is 63.0 Å². The fraction of sp³-hybridized carbons (Fsp3) is 0.615. The number of pyridine rings is 1. The molecule has 3 heterocycles. The molecule has 3 fully saturated rings. The van der Waals surface area contributed by atoms with Crippen molar-refractivity contribution in [2.24, 2.45) is 0 Å². The molecule has 34 heavy (non-hydrogen) atoms. The van der Waals surface area contributed by atoms with E-state index in [4.69, 9.17) is 12.2 Å². The third-order valence-corrected chi connectivity index (χ3v) is 8.57. The first-order chi connectivity index (χ1) is 16.5. The maximum absolute atomic E-state index is 13.5. The van der Waals surface area contributed by atoms with E-state index < -0.39 is 0 Å². The average molecular weight is 499 g/mol. The number of carbonyl (C=O) groups excluding carboxylic acids is 1. The molecule has 1 aromatic heterocycles. The van der Waals surface area contributed by atoms with Crippen LogP contribution < -0.4 is 10.5 Å². The van der Waals surface area contributed by atoms with Crippen LogP contribution in [-0.4, -0.2) is 38.8 Å². The van der Waals surface area contributed by atoms with E-state index in [0.29, 0.717) is 21.3 Å². The number of nitriles is 1. The molecule has 2 aliphatic heterocycles. The Labute approximate surface area is 212 Å². The van der Waals surface area contributed by atoms with E-state index in [1.54, 1.807) is 4.57 Å². The van der Waals surface area contributed by atoms with Crippen LogP contribution in [0.1, 0.15) is 87.8 Å². The van der Waals surface area contributed by atoms with Gasteiger partial charge in [-0.05, 0) is 50.7 Å². The van der Waals surface area contributed by atoms with Gasteiger partial charge in [0.15, 0.2) is 0 Å². The second kappa shape index (κ2) is 11.1. The van der Waals surface area contributed by atoms with Crippen LogP contribution in [0.2, 0.25) is 0 Å². The molecular weight excluding hydrogens is 464 g/mol. The third-order valence-electron chi connectivity index (χ3n) is 7.24. The first-order valence-corrected chi connectivity index (χ1v) is 13.9. The van der Waals surface area contributed by atoms with Crippen molar-refractivity contribution in [1.29, 1.82) is 5.26 Å². The van der Waals surface area contributed by atoms with Crippen molar-refractivity contribution in [2.75, 3.05) is 18.0 Å². The van der Waals surface area contributed by atoms with Gasteiger partial charge in [-0.2, -0.15) is 5.26 Å². The quantitative estimate of drug-likeness (QED) is 0.402. The molecule has 6 nitrogen and oxygen atoms in total. The zero-order chi connectivity index (χ0) is 24.2. The summed E-state index contributed by atoms with van der Waals surface area (Å²) in [5.74, 6) is 0.822. The molecule has 1 aromatic rings. The van der Waals surface area contributed by atoms with Gasteiger partial charge in [0.05, 0.1) is 4.91 Å². The van der Waals surface area contributed by atoms with Crippen molar-refractivity contribution < 1.29 is 4.79 Å². The van der Waals surface area contributed by atoms with Gasteiger partial charge in [-0.3, -0.25) is 19.1 Å². The highest BCUT2D eigenvalue weighted by Gasteiger charge is 2.38. The Bertz CT molecular complexity index is 1090. The molecule has 0 atom stereocenters. The fourth-order valence-corrected chi connectivity index (χ4v) is 6.85. The molecule has 1 amide bonds. The molecule has 182 valence electrons. The number of rotatable bonds is 5. The first kappa shape index (κ1) is 25.0. The van der Waals surface area contributed by atoms with E-state index in [1.165, 1.54) is 31.0 Å². The number of amides is 1. The van der Waals surface area contributed by atoms with Crippen molar-refractivity contribution in [2.45, 2.75) is 90.6 Å². The number of thioether (sulfide) groups is 1. The van der Waals surface area contributed by atoms with E-state index in [1.807, 2.05) is 24.8 Å². The van der Waals surface area contributed by atoms with Gasteiger partial charge >= 0.3 is 0 Å². The maximum atomic E-state index is 13.5. The van der Waals surface area contributed by atoms with Gasteiger partial charge in [0.1, 0.15) is 21.8 Å². The number of anilines is 1. The van der Waals surface area contributed by atoms with Crippen LogP contribution in [0.4, 0.5) is 5.82 Å². The molecular formula is C26H34N4O2S2. The highest BCUT2D eigenvalue weighted by atomic mass is 32.2. The predicted molar refractivity (Wildman–Crippen MR) is 143 cm³/mol.